The molecule has 0 bridgehead atoms. The van der Waals surface area contributed by atoms with E-state index in [9.17, 15) is 13.6 Å². The van der Waals surface area contributed by atoms with E-state index < -0.39 is 24.5 Å². The van der Waals surface area contributed by atoms with Gasteiger partial charge in [-0.05, 0) is 25.9 Å². The predicted octanol–water partition coefficient (Wildman–Crippen LogP) is 0.120. The second kappa shape index (κ2) is 5.05. The second-order valence-corrected chi connectivity index (χ2v) is 4.51. The SMILES string of the molecule is CC1(C(=O)NCC(F)(F)CO)CCNCC1. The number of carbonyl (C=O) groups is 1. The van der Waals surface area contributed by atoms with Gasteiger partial charge in [0.2, 0.25) is 5.91 Å². The van der Waals surface area contributed by atoms with Crippen molar-refractivity contribution in [3.05, 3.63) is 0 Å². The van der Waals surface area contributed by atoms with Crippen LogP contribution in [0.5, 0.6) is 0 Å². The summed E-state index contributed by atoms with van der Waals surface area (Å²) in [6.07, 6.45) is 1.28. The molecule has 0 radical (unpaired) electrons. The fourth-order valence-corrected chi connectivity index (χ4v) is 1.68. The molecule has 0 aromatic carbocycles. The highest BCUT2D eigenvalue weighted by Gasteiger charge is 2.36. The number of carbonyl (C=O) groups excluding carboxylic acids is 1. The molecule has 16 heavy (non-hydrogen) atoms. The van der Waals surface area contributed by atoms with Crippen molar-refractivity contribution in [2.75, 3.05) is 26.2 Å². The summed E-state index contributed by atoms with van der Waals surface area (Å²) in [6, 6.07) is 0. The van der Waals surface area contributed by atoms with Crippen LogP contribution in [0.1, 0.15) is 19.8 Å². The molecule has 1 heterocycles. The third kappa shape index (κ3) is 3.38. The molecular weight excluding hydrogens is 218 g/mol. The van der Waals surface area contributed by atoms with Crippen LogP contribution in [0.2, 0.25) is 0 Å². The van der Waals surface area contributed by atoms with Gasteiger partial charge >= 0.3 is 0 Å². The Bertz CT molecular complexity index is 253. The lowest BCUT2D eigenvalue weighted by molar-refractivity contribution is -0.134. The Labute approximate surface area is 93.4 Å². The van der Waals surface area contributed by atoms with E-state index in [2.05, 4.69) is 10.6 Å². The Morgan fingerprint density at radius 1 is 1.50 bits per heavy atom. The van der Waals surface area contributed by atoms with Crippen molar-refractivity contribution in [2.45, 2.75) is 25.7 Å². The van der Waals surface area contributed by atoms with E-state index in [1.54, 1.807) is 6.92 Å². The quantitative estimate of drug-likeness (QED) is 0.649. The van der Waals surface area contributed by atoms with Gasteiger partial charge in [-0.2, -0.15) is 0 Å². The average Bonchev–Trinajstić information content (AvgIpc) is 2.27. The molecule has 6 heteroatoms. The number of rotatable bonds is 4. The maximum absolute atomic E-state index is 12.7. The summed E-state index contributed by atoms with van der Waals surface area (Å²) in [6.45, 7) is 1.18. The van der Waals surface area contributed by atoms with Gasteiger partial charge in [0.25, 0.3) is 5.92 Å². The van der Waals surface area contributed by atoms with Gasteiger partial charge in [0.05, 0.1) is 6.54 Å². The van der Waals surface area contributed by atoms with Gasteiger partial charge in [-0.1, -0.05) is 6.92 Å². The van der Waals surface area contributed by atoms with Crippen LogP contribution in [0.25, 0.3) is 0 Å². The Balaban J connectivity index is 2.45. The summed E-state index contributed by atoms with van der Waals surface area (Å²) in [4.78, 5) is 11.7. The molecule has 1 aliphatic rings. The number of nitrogens with one attached hydrogen (secondary N) is 2. The van der Waals surface area contributed by atoms with Crippen LogP contribution in [0.15, 0.2) is 0 Å². The highest BCUT2D eigenvalue weighted by Crippen LogP contribution is 2.28. The first kappa shape index (κ1) is 13.3. The normalized spacial score (nSPS) is 20.5. The monoisotopic (exact) mass is 236 g/mol. The number of piperidine rings is 1. The van der Waals surface area contributed by atoms with Crippen molar-refractivity contribution < 1.29 is 18.7 Å². The zero-order chi connectivity index (χ0) is 12.2. The summed E-state index contributed by atoms with van der Waals surface area (Å²) in [7, 11) is 0. The molecular formula is C10H18F2N2O2. The summed E-state index contributed by atoms with van der Waals surface area (Å²) >= 11 is 0. The lowest BCUT2D eigenvalue weighted by atomic mass is 9.80. The first-order valence-corrected chi connectivity index (χ1v) is 5.37. The summed E-state index contributed by atoms with van der Waals surface area (Å²) in [5, 5.41) is 13.7. The maximum atomic E-state index is 12.7. The molecule has 1 fully saturated rings. The molecule has 0 aromatic rings. The average molecular weight is 236 g/mol. The van der Waals surface area contributed by atoms with Crippen LogP contribution in [-0.4, -0.2) is 43.2 Å². The van der Waals surface area contributed by atoms with Crippen molar-refractivity contribution in [1.29, 1.82) is 0 Å². The van der Waals surface area contributed by atoms with E-state index in [4.69, 9.17) is 5.11 Å². The second-order valence-electron chi connectivity index (χ2n) is 4.51. The van der Waals surface area contributed by atoms with Crippen LogP contribution in [0.3, 0.4) is 0 Å². The van der Waals surface area contributed by atoms with Crippen LogP contribution >= 0.6 is 0 Å². The van der Waals surface area contributed by atoms with E-state index >= 15 is 0 Å². The largest absolute Gasteiger partial charge is 0.390 e. The summed E-state index contributed by atoms with van der Waals surface area (Å²) < 4.78 is 25.5. The Morgan fingerprint density at radius 3 is 2.56 bits per heavy atom. The van der Waals surface area contributed by atoms with Crippen LogP contribution < -0.4 is 10.6 Å². The Morgan fingerprint density at radius 2 is 2.06 bits per heavy atom. The van der Waals surface area contributed by atoms with Crippen molar-refractivity contribution >= 4 is 5.91 Å². The number of hydrogen-bond donors (Lipinski definition) is 3. The number of alkyl halides is 2. The number of aliphatic hydroxyl groups is 1. The van der Waals surface area contributed by atoms with Gasteiger partial charge in [0, 0.05) is 5.41 Å². The highest BCUT2D eigenvalue weighted by atomic mass is 19.3. The Kier molecular flexibility index (Phi) is 4.21. The maximum Gasteiger partial charge on any atom is 0.287 e. The molecule has 3 N–H and O–H groups in total. The molecule has 1 amide bonds. The minimum atomic E-state index is -3.24. The number of aliphatic hydroxyl groups excluding tert-OH is 1. The molecule has 1 aliphatic heterocycles. The minimum Gasteiger partial charge on any atom is -0.390 e. The van der Waals surface area contributed by atoms with E-state index in [1.165, 1.54) is 0 Å². The fourth-order valence-electron chi connectivity index (χ4n) is 1.68. The molecule has 0 saturated carbocycles. The van der Waals surface area contributed by atoms with Gasteiger partial charge in [-0.15, -0.1) is 0 Å². The lowest BCUT2D eigenvalue weighted by Crippen LogP contribution is -2.49. The molecule has 0 aromatic heterocycles. The van der Waals surface area contributed by atoms with Crippen LogP contribution in [0, 0.1) is 5.41 Å². The third-order valence-corrected chi connectivity index (χ3v) is 2.99. The molecule has 0 aliphatic carbocycles. The van der Waals surface area contributed by atoms with Gasteiger partial charge in [0.15, 0.2) is 0 Å². The van der Waals surface area contributed by atoms with Gasteiger partial charge < -0.3 is 15.7 Å². The molecule has 1 saturated heterocycles. The molecule has 0 spiro atoms. The molecule has 0 unspecified atom stereocenters. The predicted molar refractivity (Wildman–Crippen MR) is 55.3 cm³/mol. The highest BCUT2D eigenvalue weighted by molar-refractivity contribution is 5.82. The molecule has 1 rings (SSSR count). The molecule has 94 valence electrons. The molecule has 0 atom stereocenters. The third-order valence-electron chi connectivity index (χ3n) is 2.99. The van der Waals surface area contributed by atoms with E-state index in [0.717, 1.165) is 13.1 Å². The number of hydrogen-bond acceptors (Lipinski definition) is 3. The van der Waals surface area contributed by atoms with E-state index in [1.807, 2.05) is 0 Å². The minimum absolute atomic E-state index is 0.359. The standard InChI is InChI=1S/C10H18F2N2O2/c1-9(2-4-13-5-3-9)8(16)14-6-10(11,12)7-15/h13,15H,2-7H2,1H3,(H,14,16). The Hall–Kier alpha value is -0.750. The number of halogens is 2. The van der Waals surface area contributed by atoms with Gasteiger partial charge in [-0.3, -0.25) is 4.79 Å². The van der Waals surface area contributed by atoms with Gasteiger partial charge in [-0.25, -0.2) is 8.78 Å². The topological polar surface area (TPSA) is 61.4 Å². The first-order valence-electron chi connectivity index (χ1n) is 5.37. The van der Waals surface area contributed by atoms with Crippen molar-refractivity contribution in [3.63, 3.8) is 0 Å². The molecule has 4 nitrogen and oxygen atoms in total. The zero-order valence-electron chi connectivity index (χ0n) is 9.35. The summed E-state index contributed by atoms with van der Waals surface area (Å²) in [5.74, 6) is -3.60. The fraction of sp³-hybridized carbons (Fsp3) is 0.900. The lowest BCUT2D eigenvalue weighted by Gasteiger charge is -2.33. The smallest absolute Gasteiger partial charge is 0.287 e. The van der Waals surface area contributed by atoms with Crippen LogP contribution in [0.4, 0.5) is 8.78 Å². The van der Waals surface area contributed by atoms with Crippen molar-refractivity contribution in [1.82, 2.24) is 10.6 Å². The van der Waals surface area contributed by atoms with Gasteiger partial charge in [0.1, 0.15) is 6.61 Å². The summed E-state index contributed by atoms with van der Waals surface area (Å²) in [5.41, 5.74) is -0.573. The van der Waals surface area contributed by atoms with E-state index in [0.29, 0.717) is 12.8 Å². The van der Waals surface area contributed by atoms with E-state index in [-0.39, 0.29) is 5.91 Å². The number of amides is 1. The first-order chi connectivity index (χ1) is 7.40. The van der Waals surface area contributed by atoms with Crippen molar-refractivity contribution in [2.24, 2.45) is 5.41 Å². The van der Waals surface area contributed by atoms with Crippen molar-refractivity contribution in [3.8, 4) is 0 Å². The van der Waals surface area contributed by atoms with Crippen LogP contribution in [-0.2, 0) is 4.79 Å². The zero-order valence-corrected chi connectivity index (χ0v) is 9.35.